The second kappa shape index (κ2) is 6.74. The molecule has 29 heavy (non-hydrogen) atoms. The van der Waals surface area contributed by atoms with Gasteiger partial charge in [-0.25, -0.2) is 0 Å². The fourth-order valence-electron chi connectivity index (χ4n) is 4.65. The number of primary amides is 1. The van der Waals surface area contributed by atoms with Crippen molar-refractivity contribution in [3.8, 4) is 12.3 Å². The SMILES string of the molecule is C#Cc1ccc(N2C3CCC2CC(Nc2c(C(N)=O)nnc4[nH]ccc24)C3)nn1. The molecule has 0 radical (unpaired) electrons. The molecule has 4 N–H and O–H groups in total. The van der Waals surface area contributed by atoms with Crippen LogP contribution in [0.1, 0.15) is 41.9 Å². The van der Waals surface area contributed by atoms with Gasteiger partial charge in [0.2, 0.25) is 0 Å². The van der Waals surface area contributed by atoms with Gasteiger partial charge in [0.05, 0.1) is 5.69 Å². The number of hydrogen-bond donors (Lipinski definition) is 3. The van der Waals surface area contributed by atoms with Gasteiger partial charge in [-0.05, 0) is 49.8 Å². The monoisotopic (exact) mass is 388 g/mol. The number of piperidine rings is 1. The maximum atomic E-state index is 11.9. The van der Waals surface area contributed by atoms with Crippen LogP contribution in [0.15, 0.2) is 24.4 Å². The van der Waals surface area contributed by atoms with Crippen molar-refractivity contribution in [3.05, 3.63) is 35.8 Å². The minimum absolute atomic E-state index is 0.169. The third-order valence-corrected chi connectivity index (χ3v) is 5.86. The highest BCUT2D eigenvalue weighted by molar-refractivity contribution is 6.04. The molecule has 0 aliphatic carbocycles. The van der Waals surface area contributed by atoms with Crippen LogP contribution in [0.25, 0.3) is 11.0 Å². The summed E-state index contributed by atoms with van der Waals surface area (Å²) in [7, 11) is 0. The number of carbonyl (C=O) groups is 1. The number of fused-ring (bicyclic) bond motifs is 3. The van der Waals surface area contributed by atoms with Gasteiger partial charge < -0.3 is 20.9 Å². The fraction of sp³-hybridized carbons (Fsp3) is 0.350. The van der Waals surface area contributed by atoms with E-state index in [2.05, 4.69) is 41.5 Å². The molecule has 2 aliphatic heterocycles. The Labute approximate surface area is 167 Å². The van der Waals surface area contributed by atoms with Crippen LogP contribution in [-0.4, -0.2) is 49.4 Å². The molecule has 0 aromatic carbocycles. The molecular weight excluding hydrogens is 368 g/mol. The fourth-order valence-corrected chi connectivity index (χ4v) is 4.65. The number of aromatic amines is 1. The molecule has 2 fully saturated rings. The number of terminal acetylenes is 1. The molecule has 3 aromatic heterocycles. The van der Waals surface area contributed by atoms with E-state index in [0.29, 0.717) is 29.1 Å². The van der Waals surface area contributed by atoms with Crippen LogP contribution in [0, 0.1) is 12.3 Å². The summed E-state index contributed by atoms with van der Waals surface area (Å²) in [6, 6.07) is 6.56. The topological polar surface area (TPSA) is 126 Å². The Kier molecular flexibility index (Phi) is 4.05. The molecule has 2 atom stereocenters. The number of nitrogens with one attached hydrogen (secondary N) is 2. The summed E-state index contributed by atoms with van der Waals surface area (Å²) in [5.41, 5.74) is 7.53. The van der Waals surface area contributed by atoms with Gasteiger partial charge in [-0.15, -0.1) is 26.8 Å². The molecule has 1 amide bonds. The Morgan fingerprint density at radius 1 is 1.17 bits per heavy atom. The van der Waals surface area contributed by atoms with Crippen molar-refractivity contribution in [2.24, 2.45) is 5.73 Å². The molecule has 2 unspecified atom stereocenters. The van der Waals surface area contributed by atoms with Crippen molar-refractivity contribution in [1.29, 1.82) is 0 Å². The van der Waals surface area contributed by atoms with Crippen LogP contribution < -0.4 is 16.0 Å². The molecule has 2 saturated heterocycles. The molecule has 5 rings (SSSR count). The van der Waals surface area contributed by atoms with Gasteiger partial charge in [0, 0.05) is 29.7 Å². The molecule has 2 aliphatic rings. The summed E-state index contributed by atoms with van der Waals surface area (Å²) >= 11 is 0. The van der Waals surface area contributed by atoms with Gasteiger partial charge in [0.25, 0.3) is 5.91 Å². The first-order valence-electron chi connectivity index (χ1n) is 9.63. The lowest BCUT2D eigenvalue weighted by Crippen LogP contribution is -2.47. The molecule has 146 valence electrons. The second-order valence-electron chi connectivity index (χ2n) is 7.55. The molecule has 9 nitrogen and oxygen atoms in total. The van der Waals surface area contributed by atoms with Gasteiger partial charge in [-0.2, -0.15) is 0 Å². The molecule has 5 heterocycles. The first-order chi connectivity index (χ1) is 14.1. The first-order valence-corrected chi connectivity index (χ1v) is 9.63. The largest absolute Gasteiger partial charge is 0.380 e. The molecule has 3 aromatic rings. The predicted molar refractivity (Wildman–Crippen MR) is 108 cm³/mol. The standard InChI is InChI=1S/C20H20N8O/c1-2-11-3-6-16(25-24-11)28-13-4-5-14(28)10-12(9-13)23-17-15-7-8-22-20(15)27-26-18(17)19(21)29/h1,3,6-8,12-14H,4-5,9-10H2,(H2,21,29)(H2,22,23,27). The first kappa shape index (κ1) is 17.4. The van der Waals surface area contributed by atoms with E-state index in [1.165, 1.54) is 0 Å². The van der Waals surface area contributed by atoms with Crippen molar-refractivity contribution in [2.45, 2.75) is 43.8 Å². The zero-order chi connectivity index (χ0) is 20.0. The third kappa shape index (κ3) is 2.93. The zero-order valence-corrected chi connectivity index (χ0v) is 15.7. The summed E-state index contributed by atoms with van der Waals surface area (Å²) in [6.45, 7) is 0. The molecule has 0 spiro atoms. The van der Waals surface area contributed by atoms with E-state index in [4.69, 9.17) is 12.2 Å². The quantitative estimate of drug-likeness (QED) is 0.577. The van der Waals surface area contributed by atoms with E-state index >= 15 is 0 Å². The minimum Gasteiger partial charge on any atom is -0.380 e. The third-order valence-electron chi connectivity index (χ3n) is 5.86. The van der Waals surface area contributed by atoms with Crippen molar-refractivity contribution < 1.29 is 4.79 Å². The summed E-state index contributed by atoms with van der Waals surface area (Å²) in [6.07, 6.45) is 11.2. The summed E-state index contributed by atoms with van der Waals surface area (Å²) in [5, 5.41) is 20.8. The number of H-pyrrole nitrogens is 1. The van der Waals surface area contributed by atoms with Gasteiger partial charge in [-0.3, -0.25) is 4.79 Å². The van der Waals surface area contributed by atoms with Gasteiger partial charge in [0.1, 0.15) is 5.69 Å². The lowest BCUT2D eigenvalue weighted by Gasteiger charge is -2.40. The van der Waals surface area contributed by atoms with Crippen LogP contribution >= 0.6 is 0 Å². The van der Waals surface area contributed by atoms with E-state index in [1.54, 1.807) is 6.20 Å². The number of aromatic nitrogens is 5. The van der Waals surface area contributed by atoms with Crippen molar-refractivity contribution >= 4 is 28.4 Å². The van der Waals surface area contributed by atoms with Crippen molar-refractivity contribution in [3.63, 3.8) is 0 Å². The van der Waals surface area contributed by atoms with Crippen molar-refractivity contribution in [1.82, 2.24) is 25.4 Å². The summed E-state index contributed by atoms with van der Waals surface area (Å²) in [5.74, 6) is 2.78. The van der Waals surface area contributed by atoms with Gasteiger partial charge in [-0.1, -0.05) is 0 Å². The second-order valence-corrected chi connectivity index (χ2v) is 7.55. The molecule has 2 bridgehead atoms. The number of anilines is 2. The molecular formula is C20H20N8O. The zero-order valence-electron chi connectivity index (χ0n) is 15.7. The number of carbonyl (C=O) groups excluding carboxylic acids is 1. The Bertz CT molecular complexity index is 1100. The Hall–Kier alpha value is -3.67. The lowest BCUT2D eigenvalue weighted by atomic mass is 9.96. The average Bonchev–Trinajstić information content (AvgIpc) is 3.31. The van der Waals surface area contributed by atoms with E-state index < -0.39 is 5.91 Å². The van der Waals surface area contributed by atoms with E-state index in [1.807, 2.05) is 18.2 Å². The van der Waals surface area contributed by atoms with Gasteiger partial charge >= 0.3 is 0 Å². The van der Waals surface area contributed by atoms with Crippen LogP contribution in [0.5, 0.6) is 0 Å². The highest BCUT2D eigenvalue weighted by atomic mass is 16.1. The summed E-state index contributed by atoms with van der Waals surface area (Å²) in [4.78, 5) is 17.3. The van der Waals surface area contributed by atoms with Gasteiger partial charge in [0.15, 0.2) is 17.2 Å². The van der Waals surface area contributed by atoms with Crippen molar-refractivity contribution in [2.75, 3.05) is 10.2 Å². The van der Waals surface area contributed by atoms with E-state index in [-0.39, 0.29) is 11.7 Å². The van der Waals surface area contributed by atoms with Crippen LogP contribution in [0.2, 0.25) is 0 Å². The number of hydrogen-bond acceptors (Lipinski definition) is 7. The maximum absolute atomic E-state index is 11.9. The van der Waals surface area contributed by atoms with Crippen LogP contribution in [0.4, 0.5) is 11.5 Å². The normalized spacial score (nSPS) is 23.1. The molecule has 0 saturated carbocycles. The molecule has 9 heteroatoms. The Morgan fingerprint density at radius 3 is 2.62 bits per heavy atom. The number of amides is 1. The highest BCUT2D eigenvalue weighted by Gasteiger charge is 2.42. The average molecular weight is 388 g/mol. The number of nitrogens with zero attached hydrogens (tertiary/aromatic N) is 5. The van der Waals surface area contributed by atoms with E-state index in [9.17, 15) is 4.79 Å². The Balaban J connectivity index is 1.40. The summed E-state index contributed by atoms with van der Waals surface area (Å²) < 4.78 is 0. The Morgan fingerprint density at radius 2 is 1.97 bits per heavy atom. The highest BCUT2D eigenvalue weighted by Crippen LogP contribution is 2.40. The predicted octanol–water partition coefficient (Wildman–Crippen LogP) is 1.44. The number of nitrogens with two attached hydrogens (primary N) is 1. The van der Waals surface area contributed by atoms with Crippen LogP contribution in [0.3, 0.4) is 0 Å². The van der Waals surface area contributed by atoms with E-state index in [0.717, 1.165) is 36.9 Å². The lowest BCUT2D eigenvalue weighted by molar-refractivity contribution is 0.0995. The maximum Gasteiger partial charge on any atom is 0.271 e. The minimum atomic E-state index is -0.590. The smallest absolute Gasteiger partial charge is 0.271 e. The number of rotatable bonds is 4. The van der Waals surface area contributed by atoms with Crippen LogP contribution in [-0.2, 0) is 0 Å².